The molecule has 2 N–H and O–H groups in total. The van der Waals surface area contributed by atoms with Crippen molar-refractivity contribution >= 4 is 28.1 Å². The molecule has 0 atom stereocenters. The Hall–Kier alpha value is -1.21. The van der Waals surface area contributed by atoms with Crippen molar-refractivity contribution in [2.45, 2.75) is 6.92 Å². The Morgan fingerprint density at radius 2 is 2.00 bits per heavy atom. The molecule has 2 aromatic carbocycles. The van der Waals surface area contributed by atoms with Crippen LogP contribution in [0.3, 0.4) is 0 Å². The Morgan fingerprint density at radius 3 is 2.77 bits per heavy atom. The minimum atomic E-state index is 0.785. The van der Waals surface area contributed by atoms with E-state index in [9.17, 15) is 0 Å². The Labute approximate surface area is 82.1 Å². The number of anilines is 1. The van der Waals surface area contributed by atoms with E-state index in [1.807, 2.05) is 37.3 Å². The topological polar surface area (TPSA) is 26.0 Å². The number of rotatable bonds is 0. The Morgan fingerprint density at radius 1 is 1.23 bits per heavy atom. The first-order chi connectivity index (χ1) is 6.18. The molecule has 0 radical (unpaired) electrons. The monoisotopic (exact) mass is 191 g/mol. The lowest BCUT2D eigenvalue weighted by Gasteiger charge is -2.05. The Kier molecular flexibility index (Phi) is 1.89. The lowest BCUT2D eigenvalue weighted by molar-refractivity contribution is 1.53. The molecule has 0 spiro atoms. The van der Waals surface area contributed by atoms with Gasteiger partial charge < -0.3 is 5.73 Å². The van der Waals surface area contributed by atoms with Crippen LogP contribution in [-0.4, -0.2) is 0 Å². The number of nitrogens with two attached hydrogens (primary N) is 1. The zero-order valence-electron chi connectivity index (χ0n) is 7.34. The van der Waals surface area contributed by atoms with Crippen LogP contribution in [-0.2, 0) is 0 Å². The van der Waals surface area contributed by atoms with E-state index in [0.717, 1.165) is 27.0 Å². The molecule has 2 aromatic rings. The zero-order chi connectivity index (χ0) is 9.42. The van der Waals surface area contributed by atoms with E-state index >= 15 is 0 Å². The van der Waals surface area contributed by atoms with Crippen LogP contribution in [0.4, 0.5) is 5.69 Å². The van der Waals surface area contributed by atoms with E-state index in [1.54, 1.807) is 0 Å². The summed E-state index contributed by atoms with van der Waals surface area (Å²) in [7, 11) is 0. The highest BCUT2D eigenvalue weighted by molar-refractivity contribution is 6.35. The van der Waals surface area contributed by atoms with Crippen molar-refractivity contribution < 1.29 is 0 Å². The van der Waals surface area contributed by atoms with Crippen LogP contribution in [0.25, 0.3) is 10.8 Å². The predicted octanol–water partition coefficient (Wildman–Crippen LogP) is 3.38. The van der Waals surface area contributed by atoms with E-state index in [2.05, 4.69) is 0 Å². The summed E-state index contributed by atoms with van der Waals surface area (Å²) in [6, 6.07) is 9.73. The molecule has 2 rings (SSSR count). The number of halogens is 1. The van der Waals surface area contributed by atoms with Crippen molar-refractivity contribution in [3.63, 3.8) is 0 Å². The SMILES string of the molecule is Cc1cc(N)cc2cccc(Cl)c12. The average molecular weight is 192 g/mol. The first kappa shape index (κ1) is 8.39. The Bertz CT molecular complexity index is 463. The van der Waals surface area contributed by atoms with Gasteiger partial charge in [-0.05, 0) is 36.1 Å². The number of hydrogen-bond acceptors (Lipinski definition) is 1. The van der Waals surface area contributed by atoms with Crippen LogP contribution >= 0.6 is 11.6 Å². The van der Waals surface area contributed by atoms with Gasteiger partial charge in [-0.3, -0.25) is 0 Å². The van der Waals surface area contributed by atoms with Crippen molar-refractivity contribution in [2.24, 2.45) is 0 Å². The van der Waals surface area contributed by atoms with Crippen molar-refractivity contribution in [3.8, 4) is 0 Å². The molecule has 0 unspecified atom stereocenters. The highest BCUT2D eigenvalue weighted by Gasteiger charge is 2.02. The van der Waals surface area contributed by atoms with Crippen LogP contribution in [0.15, 0.2) is 30.3 Å². The molecule has 0 aliphatic rings. The van der Waals surface area contributed by atoms with Gasteiger partial charge in [0.25, 0.3) is 0 Å². The number of fused-ring (bicyclic) bond motifs is 1. The second-order valence-electron chi connectivity index (χ2n) is 3.18. The van der Waals surface area contributed by atoms with Crippen LogP contribution < -0.4 is 5.73 Å². The summed E-state index contributed by atoms with van der Waals surface area (Å²) in [6.45, 7) is 2.02. The standard InChI is InChI=1S/C11H10ClN/c1-7-5-9(13)6-8-3-2-4-10(12)11(7)8/h2-6H,13H2,1H3. The van der Waals surface area contributed by atoms with E-state index in [1.165, 1.54) is 0 Å². The van der Waals surface area contributed by atoms with Crippen LogP contribution in [0.1, 0.15) is 5.56 Å². The maximum atomic E-state index is 6.07. The van der Waals surface area contributed by atoms with E-state index in [0.29, 0.717) is 0 Å². The van der Waals surface area contributed by atoms with E-state index < -0.39 is 0 Å². The van der Waals surface area contributed by atoms with E-state index in [-0.39, 0.29) is 0 Å². The van der Waals surface area contributed by atoms with Gasteiger partial charge in [-0.15, -0.1) is 0 Å². The third-order valence-electron chi connectivity index (χ3n) is 2.15. The highest BCUT2D eigenvalue weighted by Crippen LogP contribution is 2.28. The fourth-order valence-electron chi connectivity index (χ4n) is 1.62. The molecule has 1 nitrogen and oxygen atoms in total. The van der Waals surface area contributed by atoms with Gasteiger partial charge in [-0.25, -0.2) is 0 Å². The molecule has 0 amide bonds. The molecule has 0 heterocycles. The quantitative estimate of drug-likeness (QED) is 0.635. The lowest BCUT2D eigenvalue weighted by Crippen LogP contribution is -1.87. The molecule has 0 saturated carbocycles. The van der Waals surface area contributed by atoms with Crippen molar-refractivity contribution in [3.05, 3.63) is 40.9 Å². The van der Waals surface area contributed by atoms with Gasteiger partial charge >= 0.3 is 0 Å². The molecule has 0 bridgehead atoms. The Balaban J connectivity index is 2.94. The maximum absolute atomic E-state index is 6.07. The van der Waals surface area contributed by atoms with Gasteiger partial charge in [0.15, 0.2) is 0 Å². The van der Waals surface area contributed by atoms with Crippen LogP contribution in [0, 0.1) is 6.92 Å². The number of hydrogen-bond donors (Lipinski definition) is 1. The summed E-state index contributed by atoms with van der Waals surface area (Å²) in [4.78, 5) is 0. The number of benzene rings is 2. The molecule has 0 aliphatic heterocycles. The molecule has 0 fully saturated rings. The zero-order valence-corrected chi connectivity index (χ0v) is 8.10. The molecule has 13 heavy (non-hydrogen) atoms. The molecule has 66 valence electrons. The summed E-state index contributed by atoms with van der Waals surface area (Å²) in [5, 5.41) is 2.98. The lowest BCUT2D eigenvalue weighted by atomic mass is 10.0. The third kappa shape index (κ3) is 1.36. The maximum Gasteiger partial charge on any atom is 0.0487 e. The molecule has 2 heteroatoms. The van der Waals surface area contributed by atoms with Gasteiger partial charge in [0.05, 0.1) is 0 Å². The second-order valence-corrected chi connectivity index (χ2v) is 3.58. The largest absolute Gasteiger partial charge is 0.399 e. The van der Waals surface area contributed by atoms with Crippen molar-refractivity contribution in [1.82, 2.24) is 0 Å². The smallest absolute Gasteiger partial charge is 0.0487 e. The van der Waals surface area contributed by atoms with Gasteiger partial charge in [0.2, 0.25) is 0 Å². The summed E-state index contributed by atoms with van der Waals surface area (Å²) >= 11 is 6.07. The fraction of sp³-hybridized carbons (Fsp3) is 0.0909. The summed E-state index contributed by atoms with van der Waals surface area (Å²) in [5.74, 6) is 0. The van der Waals surface area contributed by atoms with Gasteiger partial charge in [-0.2, -0.15) is 0 Å². The summed E-state index contributed by atoms with van der Waals surface area (Å²) in [6.07, 6.45) is 0. The molecule has 0 saturated heterocycles. The van der Waals surface area contributed by atoms with E-state index in [4.69, 9.17) is 17.3 Å². The minimum Gasteiger partial charge on any atom is -0.399 e. The molecule has 0 aromatic heterocycles. The number of aryl methyl sites for hydroxylation is 1. The van der Waals surface area contributed by atoms with Gasteiger partial charge in [0, 0.05) is 16.1 Å². The molecular weight excluding hydrogens is 182 g/mol. The minimum absolute atomic E-state index is 0.785. The summed E-state index contributed by atoms with van der Waals surface area (Å²) in [5.41, 5.74) is 7.64. The van der Waals surface area contributed by atoms with Gasteiger partial charge in [0.1, 0.15) is 0 Å². The number of nitrogen functional groups attached to an aromatic ring is 1. The first-order valence-electron chi connectivity index (χ1n) is 4.13. The first-order valence-corrected chi connectivity index (χ1v) is 4.50. The average Bonchev–Trinajstić information content (AvgIpc) is 2.02. The normalized spacial score (nSPS) is 10.6. The fourth-order valence-corrected chi connectivity index (χ4v) is 1.95. The molecule has 0 aliphatic carbocycles. The van der Waals surface area contributed by atoms with Crippen molar-refractivity contribution in [1.29, 1.82) is 0 Å². The summed E-state index contributed by atoms with van der Waals surface area (Å²) < 4.78 is 0. The predicted molar refractivity (Wildman–Crippen MR) is 58.1 cm³/mol. The van der Waals surface area contributed by atoms with Crippen LogP contribution in [0.2, 0.25) is 5.02 Å². The van der Waals surface area contributed by atoms with Crippen molar-refractivity contribution in [2.75, 3.05) is 5.73 Å². The third-order valence-corrected chi connectivity index (χ3v) is 2.46. The second kappa shape index (κ2) is 2.93. The molecular formula is C11H10ClN. The highest BCUT2D eigenvalue weighted by atomic mass is 35.5. The van der Waals surface area contributed by atoms with Gasteiger partial charge in [-0.1, -0.05) is 23.7 Å². The van der Waals surface area contributed by atoms with Crippen LogP contribution in [0.5, 0.6) is 0 Å².